The van der Waals surface area contributed by atoms with Gasteiger partial charge in [0.25, 0.3) is 0 Å². The number of hydrogen-bond acceptors (Lipinski definition) is 3. The predicted octanol–water partition coefficient (Wildman–Crippen LogP) is 2.29. The van der Waals surface area contributed by atoms with Crippen molar-refractivity contribution < 1.29 is 9.47 Å². The van der Waals surface area contributed by atoms with E-state index in [1.54, 1.807) is 0 Å². The molecule has 0 radical (unpaired) electrons. The third kappa shape index (κ3) is 1.55. The van der Waals surface area contributed by atoms with Crippen molar-refractivity contribution in [3.05, 3.63) is 22.2 Å². The van der Waals surface area contributed by atoms with Gasteiger partial charge in [0.05, 0.1) is 12.5 Å². The van der Waals surface area contributed by atoms with Gasteiger partial charge in [0.15, 0.2) is 11.5 Å². The Balaban J connectivity index is 2.50. The topological polar surface area (TPSA) is 42.2 Å². The molecule has 4 heteroatoms. The summed E-state index contributed by atoms with van der Waals surface area (Å²) >= 11 is 3.39. The van der Waals surface area contributed by atoms with Crippen molar-refractivity contribution in [1.82, 2.24) is 0 Å². The molecule has 0 saturated carbocycles. The average Bonchev–Trinajstić information content (AvgIpc) is 2.23. The van der Waals surface area contributed by atoms with Crippen LogP contribution in [0.4, 0.5) is 0 Å². The molecule has 1 aromatic carbocycles. The highest BCUT2D eigenvalue weighted by molar-refractivity contribution is 9.10. The zero-order valence-electron chi connectivity index (χ0n) is 7.42. The van der Waals surface area contributed by atoms with Gasteiger partial charge in [-0.05, 0) is 12.1 Å². The highest BCUT2D eigenvalue weighted by Crippen LogP contribution is 2.38. The lowest BCUT2D eigenvalue weighted by Crippen LogP contribution is -2.16. The second-order valence-electron chi connectivity index (χ2n) is 2.89. The number of ether oxygens (including phenoxy) is 2. The minimum Gasteiger partial charge on any atom is -0.486 e. The van der Waals surface area contributed by atoms with Gasteiger partial charge in [-0.2, -0.15) is 5.26 Å². The number of hydrogen-bond donors (Lipinski definition) is 0. The molecule has 0 spiro atoms. The summed E-state index contributed by atoms with van der Waals surface area (Å²) in [7, 11) is 0. The van der Waals surface area contributed by atoms with Crippen LogP contribution in [0.5, 0.6) is 11.5 Å². The maximum Gasteiger partial charge on any atom is 0.166 e. The molecule has 0 amide bonds. The van der Waals surface area contributed by atoms with E-state index >= 15 is 0 Å². The third-order valence-corrected chi connectivity index (χ3v) is 2.75. The lowest BCUT2D eigenvalue weighted by Gasteiger charge is -2.20. The van der Waals surface area contributed by atoms with Crippen LogP contribution in [0.1, 0.15) is 5.56 Å². The summed E-state index contributed by atoms with van der Waals surface area (Å²) in [6.07, 6.45) is 0.327. The van der Waals surface area contributed by atoms with E-state index in [9.17, 15) is 0 Å². The lowest BCUT2D eigenvalue weighted by molar-refractivity contribution is 0.170. The van der Waals surface area contributed by atoms with Crippen molar-refractivity contribution in [3.8, 4) is 17.6 Å². The van der Waals surface area contributed by atoms with Crippen LogP contribution in [0, 0.1) is 11.3 Å². The summed E-state index contributed by atoms with van der Waals surface area (Å²) in [6.45, 7) is 1.11. The Bertz CT molecular complexity index is 398. The van der Waals surface area contributed by atoms with Crippen molar-refractivity contribution in [1.29, 1.82) is 5.26 Å². The fourth-order valence-electron chi connectivity index (χ4n) is 1.39. The fourth-order valence-corrected chi connectivity index (χ4v) is 1.85. The second-order valence-corrected chi connectivity index (χ2v) is 3.74. The molecule has 0 atom stereocenters. The fraction of sp³-hybridized carbons (Fsp3) is 0.300. The molecular formula is C10H8BrNO2. The molecule has 0 fully saturated rings. The van der Waals surface area contributed by atoms with Gasteiger partial charge in [-0.15, -0.1) is 0 Å². The van der Waals surface area contributed by atoms with Crippen molar-refractivity contribution >= 4 is 15.9 Å². The van der Waals surface area contributed by atoms with Crippen molar-refractivity contribution in [2.24, 2.45) is 0 Å². The molecule has 0 N–H and O–H groups in total. The van der Waals surface area contributed by atoms with Crippen LogP contribution in [-0.2, 0) is 6.42 Å². The normalized spacial score (nSPS) is 13.4. The minimum atomic E-state index is 0.327. The van der Waals surface area contributed by atoms with Gasteiger partial charge in [0.1, 0.15) is 13.2 Å². The van der Waals surface area contributed by atoms with Crippen LogP contribution in [0.15, 0.2) is 16.6 Å². The highest BCUT2D eigenvalue weighted by atomic mass is 79.9. The first kappa shape index (κ1) is 9.35. The first-order valence-corrected chi connectivity index (χ1v) is 5.06. The quantitative estimate of drug-likeness (QED) is 0.772. The Hall–Kier alpha value is -1.21. The molecule has 72 valence electrons. The monoisotopic (exact) mass is 253 g/mol. The zero-order chi connectivity index (χ0) is 9.97. The number of rotatable bonds is 1. The minimum absolute atomic E-state index is 0.327. The Morgan fingerprint density at radius 2 is 2.14 bits per heavy atom. The van der Waals surface area contributed by atoms with E-state index in [-0.39, 0.29) is 0 Å². The van der Waals surface area contributed by atoms with Gasteiger partial charge in [0, 0.05) is 10.0 Å². The Morgan fingerprint density at radius 1 is 1.36 bits per heavy atom. The maximum absolute atomic E-state index is 8.68. The molecule has 3 nitrogen and oxygen atoms in total. The molecule has 1 heterocycles. The number of nitrogens with zero attached hydrogens (tertiary/aromatic N) is 1. The van der Waals surface area contributed by atoms with Crippen LogP contribution in [-0.4, -0.2) is 13.2 Å². The third-order valence-electron chi connectivity index (χ3n) is 2.01. The molecule has 0 unspecified atom stereocenters. The summed E-state index contributed by atoms with van der Waals surface area (Å²) in [5.74, 6) is 1.43. The van der Waals surface area contributed by atoms with E-state index in [0.717, 1.165) is 15.8 Å². The summed E-state index contributed by atoms with van der Waals surface area (Å²) in [5.41, 5.74) is 0.865. The molecule has 1 aromatic rings. The molecule has 1 aliphatic rings. The van der Waals surface area contributed by atoms with E-state index in [0.29, 0.717) is 25.4 Å². The lowest BCUT2D eigenvalue weighted by atomic mass is 10.1. The van der Waals surface area contributed by atoms with E-state index in [1.807, 2.05) is 12.1 Å². The van der Waals surface area contributed by atoms with Crippen LogP contribution < -0.4 is 9.47 Å². The molecule has 0 aromatic heterocycles. The molecule has 1 aliphatic heterocycles. The highest BCUT2D eigenvalue weighted by Gasteiger charge is 2.17. The summed E-state index contributed by atoms with van der Waals surface area (Å²) < 4.78 is 11.8. The van der Waals surface area contributed by atoms with E-state index < -0.39 is 0 Å². The molecule has 14 heavy (non-hydrogen) atoms. The van der Waals surface area contributed by atoms with Crippen LogP contribution in [0.25, 0.3) is 0 Å². The number of halogens is 1. The van der Waals surface area contributed by atoms with Gasteiger partial charge >= 0.3 is 0 Å². The number of nitriles is 1. The Morgan fingerprint density at radius 3 is 2.93 bits per heavy atom. The van der Waals surface area contributed by atoms with E-state index in [2.05, 4.69) is 22.0 Å². The molecule has 2 rings (SSSR count). The standard InChI is InChI=1S/C10H8BrNO2/c11-8-1-2-9-10(7(8)3-4-12)14-6-5-13-9/h1-2H,3,5-6H2. The predicted molar refractivity (Wildman–Crippen MR) is 54.4 cm³/mol. The van der Waals surface area contributed by atoms with Gasteiger partial charge in [-0.1, -0.05) is 15.9 Å². The summed E-state index contributed by atoms with van der Waals surface area (Å²) in [5, 5.41) is 8.68. The van der Waals surface area contributed by atoms with Crippen LogP contribution in [0.3, 0.4) is 0 Å². The Labute approximate surface area is 90.4 Å². The SMILES string of the molecule is N#CCc1c(Br)ccc2c1OCCO2. The van der Waals surface area contributed by atoms with Crippen molar-refractivity contribution in [2.75, 3.05) is 13.2 Å². The summed E-state index contributed by atoms with van der Waals surface area (Å²) in [6, 6.07) is 5.83. The molecule has 0 bridgehead atoms. The van der Waals surface area contributed by atoms with Crippen molar-refractivity contribution in [2.45, 2.75) is 6.42 Å². The maximum atomic E-state index is 8.68. The van der Waals surface area contributed by atoms with E-state index in [4.69, 9.17) is 14.7 Å². The number of fused-ring (bicyclic) bond motifs is 1. The first-order chi connectivity index (χ1) is 6.83. The average molecular weight is 254 g/mol. The van der Waals surface area contributed by atoms with Gasteiger partial charge in [-0.3, -0.25) is 0 Å². The number of benzene rings is 1. The Kier molecular flexibility index (Phi) is 2.60. The van der Waals surface area contributed by atoms with Crippen LogP contribution in [0.2, 0.25) is 0 Å². The first-order valence-electron chi connectivity index (χ1n) is 4.27. The largest absolute Gasteiger partial charge is 0.486 e. The molecule has 0 saturated heterocycles. The van der Waals surface area contributed by atoms with Crippen LogP contribution >= 0.6 is 15.9 Å². The van der Waals surface area contributed by atoms with Gasteiger partial charge in [-0.25, -0.2) is 0 Å². The summed E-state index contributed by atoms with van der Waals surface area (Å²) in [4.78, 5) is 0. The molecule has 0 aliphatic carbocycles. The smallest absolute Gasteiger partial charge is 0.166 e. The van der Waals surface area contributed by atoms with Gasteiger partial charge < -0.3 is 9.47 Å². The van der Waals surface area contributed by atoms with Gasteiger partial charge in [0.2, 0.25) is 0 Å². The van der Waals surface area contributed by atoms with E-state index in [1.165, 1.54) is 0 Å². The molecular weight excluding hydrogens is 246 g/mol. The second kappa shape index (κ2) is 3.89. The van der Waals surface area contributed by atoms with Crippen molar-refractivity contribution in [3.63, 3.8) is 0 Å². The zero-order valence-corrected chi connectivity index (χ0v) is 9.00.